The molecular weight excluding hydrogens is 560 g/mol. The fourth-order valence-corrected chi connectivity index (χ4v) is 6.59. The number of anilines is 2. The quantitative estimate of drug-likeness (QED) is 0.173. The first-order valence-electron chi connectivity index (χ1n) is 13.1. The van der Waals surface area contributed by atoms with Gasteiger partial charge in [-0.3, -0.25) is 19.2 Å². The van der Waals surface area contributed by atoms with Gasteiger partial charge in [0.2, 0.25) is 21.8 Å². The zero-order valence-electron chi connectivity index (χ0n) is 22.9. The summed E-state index contributed by atoms with van der Waals surface area (Å²) >= 11 is 0. The van der Waals surface area contributed by atoms with Gasteiger partial charge in [0.05, 0.1) is 17.0 Å². The van der Waals surface area contributed by atoms with Crippen LogP contribution in [0.1, 0.15) is 25.8 Å². The van der Waals surface area contributed by atoms with E-state index in [1.807, 2.05) is 24.3 Å². The lowest BCUT2D eigenvalue weighted by molar-refractivity contribution is -0.132. The molecule has 1 saturated heterocycles. The summed E-state index contributed by atoms with van der Waals surface area (Å²) in [6.45, 7) is 2.53. The van der Waals surface area contributed by atoms with Crippen LogP contribution in [0.2, 0.25) is 0 Å². The Balaban J connectivity index is 1.47. The molecule has 1 aliphatic rings. The molecule has 1 unspecified atom stereocenters. The summed E-state index contributed by atoms with van der Waals surface area (Å²) in [7, 11) is -4.27. The molecule has 0 spiro atoms. The highest BCUT2D eigenvalue weighted by molar-refractivity contribution is 7.89. The van der Waals surface area contributed by atoms with Gasteiger partial charge in [0, 0.05) is 43.2 Å². The number of rotatable bonds is 9. The molecule has 0 bridgehead atoms. The summed E-state index contributed by atoms with van der Waals surface area (Å²) in [5, 5.41) is 3.52. The Morgan fingerprint density at radius 3 is 2.36 bits per heavy atom. The Labute approximate surface area is 242 Å². The van der Waals surface area contributed by atoms with E-state index in [0.717, 1.165) is 25.7 Å². The predicted molar refractivity (Wildman–Crippen MR) is 155 cm³/mol. The number of esters is 1. The van der Waals surface area contributed by atoms with Crippen molar-refractivity contribution in [3.63, 3.8) is 0 Å². The molecule has 42 heavy (non-hydrogen) atoms. The molecule has 3 amide bonds. The molecule has 3 aromatic carbocycles. The van der Waals surface area contributed by atoms with E-state index < -0.39 is 33.8 Å². The van der Waals surface area contributed by atoms with Crippen molar-refractivity contribution in [2.24, 2.45) is 0 Å². The maximum Gasteiger partial charge on any atom is 0.308 e. The van der Waals surface area contributed by atoms with Crippen LogP contribution in [0.3, 0.4) is 0 Å². The van der Waals surface area contributed by atoms with Crippen LogP contribution in [-0.2, 0) is 35.6 Å². The lowest BCUT2D eigenvalue weighted by Crippen LogP contribution is -2.46. The van der Waals surface area contributed by atoms with E-state index >= 15 is 0 Å². The molecule has 1 aromatic heterocycles. The van der Waals surface area contributed by atoms with Crippen LogP contribution in [0.4, 0.5) is 11.4 Å². The Bertz CT molecular complexity index is 1780. The molecule has 1 aliphatic heterocycles. The number of sulfonamides is 1. The van der Waals surface area contributed by atoms with Crippen LogP contribution in [0.5, 0.6) is 5.75 Å². The van der Waals surface area contributed by atoms with Crippen molar-refractivity contribution < 1.29 is 32.3 Å². The number of ether oxygens (including phenoxy) is 1. The van der Waals surface area contributed by atoms with E-state index in [0.29, 0.717) is 5.69 Å². The molecule has 11 nitrogen and oxygen atoms in total. The molecule has 1 fully saturated rings. The average Bonchev–Trinajstić information content (AvgIpc) is 3.49. The van der Waals surface area contributed by atoms with Crippen molar-refractivity contribution >= 4 is 56.0 Å². The normalized spacial score (nSPS) is 15.4. The van der Waals surface area contributed by atoms with Crippen molar-refractivity contribution in [1.29, 1.82) is 0 Å². The maximum atomic E-state index is 14.0. The van der Waals surface area contributed by atoms with E-state index in [1.165, 1.54) is 62.4 Å². The Morgan fingerprint density at radius 2 is 1.69 bits per heavy atom. The molecule has 2 heterocycles. The first-order valence-corrected chi connectivity index (χ1v) is 14.6. The average molecular weight is 589 g/mol. The number of H-pyrrole nitrogens is 1. The maximum absolute atomic E-state index is 14.0. The molecule has 216 valence electrons. The summed E-state index contributed by atoms with van der Waals surface area (Å²) in [5.41, 5.74) is 2.41. The van der Waals surface area contributed by atoms with Gasteiger partial charge in [-0.15, -0.1) is 0 Å². The van der Waals surface area contributed by atoms with Gasteiger partial charge < -0.3 is 15.0 Å². The topological polar surface area (TPSA) is 146 Å². The SMILES string of the molecule is CC(=O)Nc1ccc(S(=O)(=O)N(CCc2c[nH]c3ccccc23)C2CC(=O)N(c3ccc(OC(C)=O)cc3)C2=O)cc1. The second-order valence-electron chi connectivity index (χ2n) is 9.81. The van der Waals surface area contributed by atoms with E-state index in [1.54, 1.807) is 6.20 Å². The summed E-state index contributed by atoms with van der Waals surface area (Å²) in [6, 6.07) is 17.8. The number of fused-ring (bicyclic) bond motifs is 1. The van der Waals surface area contributed by atoms with Crippen molar-refractivity contribution in [2.75, 3.05) is 16.8 Å². The third-order valence-electron chi connectivity index (χ3n) is 6.88. The highest BCUT2D eigenvalue weighted by atomic mass is 32.2. The number of nitrogens with zero attached hydrogens (tertiary/aromatic N) is 2. The number of benzene rings is 3. The van der Waals surface area contributed by atoms with E-state index in [4.69, 9.17) is 4.74 Å². The highest BCUT2D eigenvalue weighted by Gasteiger charge is 2.46. The number of para-hydroxylation sites is 1. The van der Waals surface area contributed by atoms with Gasteiger partial charge in [-0.2, -0.15) is 4.31 Å². The number of carbonyl (C=O) groups is 4. The number of nitrogens with one attached hydrogen (secondary N) is 2. The number of aromatic nitrogens is 1. The molecular formula is C30H28N4O7S. The number of carbonyl (C=O) groups excluding carboxylic acids is 4. The smallest absolute Gasteiger partial charge is 0.308 e. The fourth-order valence-electron chi connectivity index (χ4n) is 5.00. The van der Waals surface area contributed by atoms with Gasteiger partial charge in [-0.1, -0.05) is 18.2 Å². The number of aromatic amines is 1. The van der Waals surface area contributed by atoms with Crippen LogP contribution in [0.25, 0.3) is 10.9 Å². The zero-order chi connectivity index (χ0) is 30.0. The van der Waals surface area contributed by atoms with Crippen LogP contribution in [0.15, 0.2) is 83.9 Å². The minimum atomic E-state index is -4.27. The van der Waals surface area contributed by atoms with Crippen molar-refractivity contribution in [1.82, 2.24) is 9.29 Å². The second-order valence-corrected chi connectivity index (χ2v) is 11.7. The van der Waals surface area contributed by atoms with E-state index in [-0.39, 0.29) is 41.6 Å². The number of amides is 3. The number of hydrogen-bond donors (Lipinski definition) is 2. The van der Waals surface area contributed by atoms with Crippen LogP contribution in [-0.4, -0.2) is 54.0 Å². The summed E-state index contributed by atoms with van der Waals surface area (Å²) < 4.78 is 34.1. The van der Waals surface area contributed by atoms with Crippen LogP contribution >= 0.6 is 0 Å². The van der Waals surface area contributed by atoms with Gasteiger partial charge in [0.1, 0.15) is 11.8 Å². The molecule has 0 aliphatic carbocycles. The first kappa shape index (κ1) is 28.7. The predicted octanol–water partition coefficient (Wildman–Crippen LogP) is 3.62. The van der Waals surface area contributed by atoms with Crippen LogP contribution < -0.4 is 15.0 Å². The van der Waals surface area contributed by atoms with Gasteiger partial charge in [-0.25, -0.2) is 13.3 Å². The summed E-state index contributed by atoms with van der Waals surface area (Å²) in [5.74, 6) is -1.82. The largest absolute Gasteiger partial charge is 0.427 e. The lowest BCUT2D eigenvalue weighted by atomic mass is 10.1. The van der Waals surface area contributed by atoms with Gasteiger partial charge >= 0.3 is 5.97 Å². The molecule has 12 heteroatoms. The molecule has 5 rings (SSSR count). The van der Waals surface area contributed by atoms with Crippen LogP contribution in [0, 0.1) is 0 Å². The Morgan fingerprint density at radius 1 is 1.00 bits per heavy atom. The van der Waals surface area contributed by atoms with Gasteiger partial charge in [-0.05, 0) is 66.6 Å². The van der Waals surface area contributed by atoms with E-state index in [9.17, 15) is 27.6 Å². The number of hydrogen-bond acceptors (Lipinski definition) is 7. The van der Waals surface area contributed by atoms with Crippen molar-refractivity contribution in [3.8, 4) is 5.75 Å². The molecule has 2 N–H and O–H groups in total. The summed E-state index contributed by atoms with van der Waals surface area (Å²) in [6.07, 6.45) is 1.74. The molecule has 0 saturated carbocycles. The highest BCUT2D eigenvalue weighted by Crippen LogP contribution is 2.31. The van der Waals surface area contributed by atoms with Crippen molar-refractivity contribution in [2.45, 2.75) is 37.6 Å². The van der Waals surface area contributed by atoms with Gasteiger partial charge in [0.15, 0.2) is 0 Å². The monoisotopic (exact) mass is 588 g/mol. The molecule has 1 atom stereocenters. The molecule has 0 radical (unpaired) electrons. The zero-order valence-corrected chi connectivity index (χ0v) is 23.7. The summed E-state index contributed by atoms with van der Waals surface area (Å²) in [4.78, 5) is 53.5. The lowest BCUT2D eigenvalue weighted by Gasteiger charge is -2.27. The third-order valence-corrected chi connectivity index (χ3v) is 8.81. The number of imide groups is 1. The minimum absolute atomic E-state index is 0.0689. The van der Waals surface area contributed by atoms with E-state index in [2.05, 4.69) is 10.3 Å². The Hall–Kier alpha value is -4.81. The van der Waals surface area contributed by atoms with Gasteiger partial charge in [0.25, 0.3) is 5.91 Å². The first-order chi connectivity index (χ1) is 20.0. The standard InChI is InChI=1S/C30H28N4O7S/c1-19(35)32-22-7-13-25(14-8-22)42(39,40)33(16-15-21-18-31-27-6-4-3-5-26(21)27)28-17-29(37)34(30(28)38)23-9-11-24(12-10-23)41-20(2)36/h3-14,18,28,31H,15-17H2,1-2H3,(H,32,35). The Kier molecular flexibility index (Phi) is 7.92. The third kappa shape index (κ3) is 5.80. The van der Waals surface area contributed by atoms with Crippen molar-refractivity contribution in [3.05, 3.63) is 84.6 Å². The molecule has 4 aromatic rings. The second kappa shape index (κ2) is 11.6. The fraction of sp³-hybridized carbons (Fsp3) is 0.200. The minimum Gasteiger partial charge on any atom is -0.427 e.